The van der Waals surface area contributed by atoms with E-state index in [2.05, 4.69) is 15.0 Å². The van der Waals surface area contributed by atoms with Crippen molar-refractivity contribution in [3.63, 3.8) is 0 Å². The van der Waals surface area contributed by atoms with Crippen LogP contribution in [0, 0.1) is 5.82 Å². The standard InChI is InChI=1S/C24H26FN5O2/c1-12(21-18(25)7-14(9-27-21)13-5-6-13)30(15-3-2-4-15)24(31)20-8-19-22(28-20)16-10-32-11-17(16)23(26)29-19/h7-9,12-13,15,28H,2-6,10-11H2,1H3,(H2,26,29)/t12-/m1/s1. The van der Waals surface area contributed by atoms with E-state index in [0.717, 1.165) is 54.3 Å². The SMILES string of the molecule is C[C@H](c1ncc(C2CC2)cc1F)N(C(=O)c1cc2nc(N)c3c(c2[nH]1)COC3)C1CCC1. The Morgan fingerprint density at radius 2 is 2.03 bits per heavy atom. The van der Waals surface area contributed by atoms with Gasteiger partial charge >= 0.3 is 0 Å². The van der Waals surface area contributed by atoms with Gasteiger partial charge in [-0.2, -0.15) is 0 Å². The first-order valence-corrected chi connectivity index (χ1v) is 11.4. The monoisotopic (exact) mass is 435 g/mol. The van der Waals surface area contributed by atoms with Gasteiger partial charge in [-0.3, -0.25) is 9.78 Å². The molecule has 2 fully saturated rings. The molecule has 0 saturated heterocycles. The van der Waals surface area contributed by atoms with Gasteiger partial charge in [0.1, 0.15) is 17.3 Å². The number of nitrogens with zero attached hydrogens (tertiary/aromatic N) is 3. The molecular formula is C24H26FN5O2. The number of H-pyrrole nitrogens is 1. The number of halogens is 1. The number of amides is 1. The Morgan fingerprint density at radius 3 is 2.72 bits per heavy atom. The molecule has 6 rings (SSSR count). The van der Waals surface area contributed by atoms with Crippen molar-refractivity contribution < 1.29 is 13.9 Å². The van der Waals surface area contributed by atoms with Crippen molar-refractivity contribution >= 4 is 22.8 Å². The lowest BCUT2D eigenvalue weighted by atomic mass is 9.89. The number of hydrogen-bond donors (Lipinski definition) is 2. The molecule has 1 atom stereocenters. The number of hydrogen-bond acceptors (Lipinski definition) is 5. The number of carbonyl (C=O) groups excluding carboxylic acids is 1. The van der Waals surface area contributed by atoms with Gasteiger partial charge in [-0.1, -0.05) is 0 Å². The molecule has 0 radical (unpaired) electrons. The van der Waals surface area contributed by atoms with Crippen molar-refractivity contribution in [3.8, 4) is 0 Å². The maximum absolute atomic E-state index is 15.0. The average Bonchev–Trinajstić information content (AvgIpc) is 3.31. The number of nitrogens with one attached hydrogen (secondary N) is 1. The van der Waals surface area contributed by atoms with Crippen LogP contribution in [-0.2, 0) is 18.0 Å². The van der Waals surface area contributed by atoms with Gasteiger partial charge in [-0.15, -0.1) is 0 Å². The fraction of sp³-hybridized carbons (Fsp3) is 0.458. The average molecular weight is 436 g/mol. The normalized spacial score (nSPS) is 19.1. The van der Waals surface area contributed by atoms with Gasteiger partial charge in [0.05, 0.1) is 36.0 Å². The van der Waals surface area contributed by atoms with Gasteiger partial charge in [-0.25, -0.2) is 9.37 Å². The Morgan fingerprint density at radius 1 is 1.25 bits per heavy atom. The fourth-order valence-corrected chi connectivity index (χ4v) is 4.96. The summed E-state index contributed by atoms with van der Waals surface area (Å²) in [5, 5.41) is 0. The summed E-state index contributed by atoms with van der Waals surface area (Å²) in [6.45, 7) is 2.74. The zero-order valence-corrected chi connectivity index (χ0v) is 18.0. The van der Waals surface area contributed by atoms with Crippen LogP contribution in [-0.4, -0.2) is 31.8 Å². The van der Waals surface area contributed by atoms with E-state index >= 15 is 4.39 Å². The lowest BCUT2D eigenvalue weighted by Crippen LogP contribution is -2.46. The number of nitrogens with two attached hydrogens (primary N) is 1. The van der Waals surface area contributed by atoms with Crippen molar-refractivity contribution in [1.82, 2.24) is 19.9 Å². The number of aromatic nitrogens is 3. The molecule has 2 aliphatic carbocycles. The smallest absolute Gasteiger partial charge is 0.271 e. The first-order valence-electron chi connectivity index (χ1n) is 11.4. The largest absolute Gasteiger partial charge is 0.383 e. The molecule has 8 heteroatoms. The molecule has 7 nitrogen and oxygen atoms in total. The molecule has 0 unspecified atom stereocenters. The van der Waals surface area contributed by atoms with Crippen molar-refractivity contribution in [2.24, 2.45) is 0 Å². The predicted octanol–water partition coefficient (Wildman–Crippen LogP) is 4.34. The molecule has 166 valence electrons. The summed E-state index contributed by atoms with van der Waals surface area (Å²) in [5.74, 6) is 0.371. The summed E-state index contributed by atoms with van der Waals surface area (Å²) in [7, 11) is 0. The maximum atomic E-state index is 15.0. The molecule has 3 aromatic rings. The minimum Gasteiger partial charge on any atom is -0.383 e. The summed E-state index contributed by atoms with van der Waals surface area (Å²) in [6, 6.07) is 2.93. The molecule has 2 saturated carbocycles. The van der Waals surface area contributed by atoms with Crippen LogP contribution in [0.3, 0.4) is 0 Å². The van der Waals surface area contributed by atoms with Crippen LogP contribution < -0.4 is 5.73 Å². The Balaban J connectivity index is 1.36. The first-order chi connectivity index (χ1) is 15.5. The van der Waals surface area contributed by atoms with Crippen molar-refractivity contribution in [2.75, 3.05) is 5.73 Å². The van der Waals surface area contributed by atoms with Crippen LogP contribution in [0.25, 0.3) is 11.0 Å². The van der Waals surface area contributed by atoms with E-state index in [9.17, 15) is 4.79 Å². The number of aromatic amines is 1. The van der Waals surface area contributed by atoms with E-state index in [1.165, 1.54) is 0 Å². The minimum atomic E-state index is -0.473. The summed E-state index contributed by atoms with van der Waals surface area (Å²) >= 11 is 0. The van der Waals surface area contributed by atoms with Crippen molar-refractivity contribution in [3.05, 3.63) is 52.2 Å². The first kappa shape index (κ1) is 19.7. The highest BCUT2D eigenvalue weighted by Crippen LogP contribution is 2.41. The van der Waals surface area contributed by atoms with Crippen LogP contribution in [0.15, 0.2) is 18.3 Å². The van der Waals surface area contributed by atoms with E-state index in [-0.39, 0.29) is 17.8 Å². The Bertz CT molecular complexity index is 1230. The lowest BCUT2D eigenvalue weighted by Gasteiger charge is -2.41. The summed E-state index contributed by atoms with van der Waals surface area (Å²) in [5.41, 5.74) is 11.1. The Kier molecular flexibility index (Phi) is 4.47. The van der Waals surface area contributed by atoms with Crippen molar-refractivity contribution in [2.45, 2.75) is 70.2 Å². The van der Waals surface area contributed by atoms with Crippen LogP contribution in [0.4, 0.5) is 10.2 Å². The summed E-state index contributed by atoms with van der Waals surface area (Å²) in [4.78, 5) is 27.7. The van der Waals surface area contributed by atoms with Gasteiger partial charge in [-0.05, 0) is 62.6 Å². The molecule has 32 heavy (non-hydrogen) atoms. The summed E-state index contributed by atoms with van der Waals surface area (Å²) < 4.78 is 20.6. The van der Waals surface area contributed by atoms with Crippen LogP contribution in [0.1, 0.15) is 83.9 Å². The number of carbonyl (C=O) groups is 1. The molecule has 0 bridgehead atoms. The number of pyridine rings is 2. The van der Waals surface area contributed by atoms with Gasteiger partial charge in [0.25, 0.3) is 5.91 Å². The van der Waals surface area contributed by atoms with Crippen LogP contribution >= 0.6 is 0 Å². The van der Waals surface area contributed by atoms with Crippen LogP contribution in [0.2, 0.25) is 0 Å². The zero-order valence-electron chi connectivity index (χ0n) is 18.0. The van der Waals surface area contributed by atoms with Gasteiger partial charge in [0.15, 0.2) is 0 Å². The molecular weight excluding hydrogens is 409 g/mol. The molecule has 3 aromatic heterocycles. The lowest BCUT2D eigenvalue weighted by molar-refractivity contribution is 0.0445. The maximum Gasteiger partial charge on any atom is 0.271 e. The molecule has 4 heterocycles. The van der Waals surface area contributed by atoms with Crippen molar-refractivity contribution in [1.29, 1.82) is 0 Å². The third-order valence-corrected chi connectivity index (χ3v) is 7.19. The molecule has 3 N–H and O–H groups in total. The second-order valence-electron chi connectivity index (χ2n) is 9.27. The Labute approximate surface area is 185 Å². The Hall–Kier alpha value is -3.00. The third kappa shape index (κ3) is 3.08. The second kappa shape index (κ2) is 7.27. The van der Waals surface area contributed by atoms with Gasteiger partial charge in [0.2, 0.25) is 0 Å². The van der Waals surface area contributed by atoms with E-state index < -0.39 is 6.04 Å². The number of rotatable bonds is 5. The number of ether oxygens (including phenoxy) is 1. The molecule has 1 aliphatic heterocycles. The highest BCUT2D eigenvalue weighted by Gasteiger charge is 2.36. The zero-order chi connectivity index (χ0) is 22.0. The van der Waals surface area contributed by atoms with Crippen LogP contribution in [0.5, 0.6) is 0 Å². The van der Waals surface area contributed by atoms with E-state index in [4.69, 9.17) is 10.5 Å². The van der Waals surface area contributed by atoms with E-state index in [1.807, 2.05) is 6.92 Å². The highest BCUT2D eigenvalue weighted by molar-refractivity contribution is 5.98. The predicted molar refractivity (Wildman–Crippen MR) is 117 cm³/mol. The highest BCUT2D eigenvalue weighted by atomic mass is 19.1. The third-order valence-electron chi connectivity index (χ3n) is 7.19. The molecule has 0 spiro atoms. The van der Waals surface area contributed by atoms with E-state index in [1.54, 1.807) is 23.2 Å². The fourth-order valence-electron chi connectivity index (χ4n) is 4.96. The van der Waals surface area contributed by atoms with Gasteiger partial charge < -0.3 is 20.4 Å². The molecule has 3 aliphatic rings. The molecule has 0 aromatic carbocycles. The number of nitrogen functional groups attached to an aromatic ring is 1. The second-order valence-corrected chi connectivity index (χ2v) is 9.27. The number of anilines is 1. The summed E-state index contributed by atoms with van der Waals surface area (Å²) in [6.07, 6.45) is 6.84. The topological polar surface area (TPSA) is 97.1 Å². The molecule has 1 amide bonds. The van der Waals surface area contributed by atoms with E-state index in [0.29, 0.717) is 41.9 Å². The van der Waals surface area contributed by atoms with Gasteiger partial charge in [0, 0.05) is 23.4 Å². The number of fused-ring (bicyclic) bond motifs is 3. The quantitative estimate of drug-likeness (QED) is 0.621. The minimum absolute atomic E-state index is 0.0697.